The smallest absolute Gasteiger partial charge is 0.250 e. The van der Waals surface area contributed by atoms with Crippen LogP contribution in [0.3, 0.4) is 0 Å². The highest BCUT2D eigenvalue weighted by Crippen LogP contribution is 2.24. The summed E-state index contributed by atoms with van der Waals surface area (Å²) < 4.78 is 13.0. The van der Waals surface area contributed by atoms with Crippen LogP contribution >= 0.6 is 15.9 Å². The number of nitrogens with two attached hydrogens (primary N) is 2. The normalized spacial score (nSPS) is 9.83. The molecule has 1 aromatic carbocycles. The lowest BCUT2D eigenvalue weighted by Crippen LogP contribution is -2.14. The molecule has 4 N–H and O–H groups in total. The Hall–Kier alpha value is -1.10. The van der Waals surface area contributed by atoms with Crippen LogP contribution in [0.2, 0.25) is 0 Å². The van der Waals surface area contributed by atoms with Gasteiger partial charge in [-0.05, 0) is 28.1 Å². The van der Waals surface area contributed by atoms with Gasteiger partial charge in [0.2, 0.25) is 0 Å². The zero-order valence-electron chi connectivity index (χ0n) is 5.97. The molecule has 5 heteroatoms. The van der Waals surface area contributed by atoms with Crippen molar-refractivity contribution in [2.45, 2.75) is 0 Å². The number of nitrogen functional groups attached to an aromatic ring is 1. The molecule has 3 nitrogen and oxygen atoms in total. The van der Waals surface area contributed by atoms with Gasteiger partial charge in [0.15, 0.2) is 0 Å². The molecule has 0 fully saturated rings. The Morgan fingerprint density at radius 1 is 1.50 bits per heavy atom. The Morgan fingerprint density at radius 3 is 2.58 bits per heavy atom. The van der Waals surface area contributed by atoms with Crippen LogP contribution in [0, 0.1) is 5.82 Å². The predicted octanol–water partition coefficient (Wildman–Crippen LogP) is 1.27. The molecule has 0 heterocycles. The fourth-order valence-electron chi connectivity index (χ4n) is 0.789. The minimum absolute atomic E-state index is 0.0122. The quantitative estimate of drug-likeness (QED) is 0.717. The van der Waals surface area contributed by atoms with Gasteiger partial charge in [0, 0.05) is 4.47 Å². The van der Waals surface area contributed by atoms with Crippen LogP contribution in [0.1, 0.15) is 10.4 Å². The number of carbonyl (C=O) groups is 1. The Morgan fingerprint density at radius 2 is 2.08 bits per heavy atom. The summed E-state index contributed by atoms with van der Waals surface area (Å²) in [6.45, 7) is 0. The van der Waals surface area contributed by atoms with Crippen LogP contribution in [0.15, 0.2) is 16.6 Å². The van der Waals surface area contributed by atoms with E-state index in [0.717, 1.165) is 6.07 Å². The van der Waals surface area contributed by atoms with E-state index < -0.39 is 11.7 Å². The van der Waals surface area contributed by atoms with E-state index in [1.807, 2.05) is 0 Å². The van der Waals surface area contributed by atoms with Crippen LogP contribution in [0.25, 0.3) is 0 Å². The van der Waals surface area contributed by atoms with Crippen LogP contribution < -0.4 is 11.5 Å². The molecule has 0 bridgehead atoms. The van der Waals surface area contributed by atoms with E-state index in [0.29, 0.717) is 4.47 Å². The number of benzene rings is 1. The molecule has 1 amide bonds. The van der Waals surface area contributed by atoms with E-state index in [1.165, 1.54) is 6.07 Å². The summed E-state index contributed by atoms with van der Waals surface area (Å²) in [4.78, 5) is 10.7. The maximum Gasteiger partial charge on any atom is 0.250 e. The summed E-state index contributed by atoms with van der Waals surface area (Å²) in [5.41, 5.74) is 10.5. The van der Waals surface area contributed by atoms with Crippen molar-refractivity contribution in [2.24, 2.45) is 5.73 Å². The first-order valence-corrected chi connectivity index (χ1v) is 3.86. The Labute approximate surface area is 76.7 Å². The van der Waals surface area contributed by atoms with Crippen LogP contribution in [0.5, 0.6) is 0 Å². The summed E-state index contributed by atoms with van der Waals surface area (Å²) in [7, 11) is 0. The highest BCUT2D eigenvalue weighted by atomic mass is 79.9. The molecule has 1 rings (SSSR count). The number of anilines is 1. The number of hydrogen-bond donors (Lipinski definition) is 2. The fourth-order valence-corrected chi connectivity index (χ4v) is 1.22. The molecular formula is C7H6BrFN2O. The summed E-state index contributed by atoms with van der Waals surface area (Å²) in [5, 5.41) is 0. The van der Waals surface area contributed by atoms with Gasteiger partial charge in [0.1, 0.15) is 5.82 Å². The molecule has 64 valence electrons. The lowest BCUT2D eigenvalue weighted by atomic mass is 10.1. The lowest BCUT2D eigenvalue weighted by molar-refractivity contribution is 0.100. The van der Waals surface area contributed by atoms with Gasteiger partial charge in [-0.2, -0.15) is 0 Å². The first-order valence-electron chi connectivity index (χ1n) is 3.06. The van der Waals surface area contributed by atoms with E-state index in [4.69, 9.17) is 11.5 Å². The second-order valence-electron chi connectivity index (χ2n) is 2.21. The van der Waals surface area contributed by atoms with Gasteiger partial charge in [0.25, 0.3) is 5.91 Å². The van der Waals surface area contributed by atoms with Gasteiger partial charge in [-0.3, -0.25) is 4.79 Å². The van der Waals surface area contributed by atoms with Crippen LogP contribution in [-0.2, 0) is 0 Å². The topological polar surface area (TPSA) is 69.1 Å². The molecule has 12 heavy (non-hydrogen) atoms. The van der Waals surface area contributed by atoms with Gasteiger partial charge in [0.05, 0.1) is 11.3 Å². The zero-order chi connectivity index (χ0) is 9.30. The molecule has 1 aromatic rings. The largest absolute Gasteiger partial charge is 0.397 e. The third kappa shape index (κ3) is 1.55. The Balaban J connectivity index is 3.37. The Bertz CT molecular complexity index is 340. The summed E-state index contributed by atoms with van der Waals surface area (Å²) >= 11 is 2.99. The molecule has 0 unspecified atom stereocenters. The predicted molar refractivity (Wildman–Crippen MR) is 47.0 cm³/mol. The van der Waals surface area contributed by atoms with E-state index in [-0.39, 0.29) is 11.3 Å². The van der Waals surface area contributed by atoms with Crippen molar-refractivity contribution in [2.75, 3.05) is 5.73 Å². The molecular weight excluding hydrogens is 227 g/mol. The average Bonchev–Trinajstić information content (AvgIpc) is 1.96. The van der Waals surface area contributed by atoms with Crippen molar-refractivity contribution in [1.29, 1.82) is 0 Å². The van der Waals surface area contributed by atoms with Gasteiger partial charge < -0.3 is 11.5 Å². The zero-order valence-corrected chi connectivity index (χ0v) is 7.56. The molecule has 0 radical (unpaired) electrons. The number of carbonyl (C=O) groups excluding carboxylic acids is 1. The highest BCUT2D eigenvalue weighted by molar-refractivity contribution is 9.10. The fraction of sp³-hybridized carbons (Fsp3) is 0. The monoisotopic (exact) mass is 232 g/mol. The number of hydrogen-bond acceptors (Lipinski definition) is 2. The maximum absolute atomic E-state index is 12.7. The SMILES string of the molecule is NC(=O)c1cc(F)cc(Br)c1N. The third-order valence-corrected chi connectivity index (χ3v) is 2.02. The first kappa shape index (κ1) is 8.99. The summed E-state index contributed by atoms with van der Waals surface area (Å²) in [6, 6.07) is 2.17. The molecule has 0 saturated heterocycles. The van der Waals surface area contributed by atoms with Crippen molar-refractivity contribution < 1.29 is 9.18 Å². The minimum atomic E-state index is -0.743. The first-order chi connectivity index (χ1) is 5.52. The minimum Gasteiger partial charge on any atom is -0.397 e. The average molecular weight is 233 g/mol. The number of rotatable bonds is 1. The summed E-state index contributed by atoms with van der Waals surface area (Å²) in [6.07, 6.45) is 0. The maximum atomic E-state index is 12.7. The summed E-state index contributed by atoms with van der Waals surface area (Å²) in [5.74, 6) is -1.29. The van der Waals surface area contributed by atoms with Crippen molar-refractivity contribution in [1.82, 2.24) is 0 Å². The molecule has 0 aliphatic heterocycles. The number of halogens is 2. The van der Waals surface area contributed by atoms with Crippen molar-refractivity contribution in [3.63, 3.8) is 0 Å². The molecule has 0 aliphatic carbocycles. The van der Waals surface area contributed by atoms with Crippen molar-refractivity contribution >= 4 is 27.5 Å². The third-order valence-electron chi connectivity index (χ3n) is 1.36. The van der Waals surface area contributed by atoms with Crippen molar-refractivity contribution in [3.8, 4) is 0 Å². The highest BCUT2D eigenvalue weighted by Gasteiger charge is 2.10. The van der Waals surface area contributed by atoms with Gasteiger partial charge in [-0.25, -0.2) is 4.39 Å². The Kier molecular flexibility index (Phi) is 2.32. The van der Waals surface area contributed by atoms with Gasteiger partial charge in [-0.1, -0.05) is 0 Å². The molecule has 0 aromatic heterocycles. The molecule has 0 atom stereocenters. The second-order valence-corrected chi connectivity index (χ2v) is 3.07. The molecule has 0 aliphatic rings. The second kappa shape index (κ2) is 3.10. The molecule has 0 saturated carbocycles. The van der Waals surface area contributed by atoms with E-state index in [9.17, 15) is 9.18 Å². The van der Waals surface area contributed by atoms with Gasteiger partial charge in [-0.15, -0.1) is 0 Å². The number of primary amides is 1. The van der Waals surface area contributed by atoms with E-state index >= 15 is 0 Å². The van der Waals surface area contributed by atoms with E-state index in [1.54, 1.807) is 0 Å². The lowest BCUT2D eigenvalue weighted by Gasteiger charge is -2.03. The van der Waals surface area contributed by atoms with Crippen molar-refractivity contribution in [3.05, 3.63) is 28.0 Å². The van der Waals surface area contributed by atoms with Crippen LogP contribution in [0.4, 0.5) is 10.1 Å². The number of amides is 1. The van der Waals surface area contributed by atoms with Crippen LogP contribution in [-0.4, -0.2) is 5.91 Å². The van der Waals surface area contributed by atoms with Gasteiger partial charge >= 0.3 is 0 Å². The molecule has 0 spiro atoms. The standard InChI is InChI=1S/C7H6BrFN2O/c8-5-2-3(9)1-4(6(5)10)7(11)12/h1-2H,10H2,(H2,11,12). The van der Waals surface area contributed by atoms with E-state index in [2.05, 4.69) is 15.9 Å².